The number of nitrogens with zero attached hydrogens (tertiary/aromatic N) is 4. The molecule has 122 valence electrons. The monoisotopic (exact) mass is 342 g/mol. The Morgan fingerprint density at radius 1 is 1.21 bits per heavy atom. The van der Waals surface area contributed by atoms with E-state index in [1.807, 2.05) is 6.92 Å². The molecule has 0 unspecified atom stereocenters. The van der Waals surface area contributed by atoms with Gasteiger partial charge in [-0.1, -0.05) is 18.3 Å². The highest BCUT2D eigenvalue weighted by Gasteiger charge is 2.21. The van der Waals surface area contributed by atoms with Crippen molar-refractivity contribution in [1.82, 2.24) is 15.2 Å². The molecule has 7 heteroatoms. The van der Waals surface area contributed by atoms with Crippen molar-refractivity contribution < 1.29 is 9.18 Å². The number of halogens is 1. The van der Waals surface area contributed by atoms with Crippen molar-refractivity contribution in [3.63, 3.8) is 0 Å². The highest BCUT2D eigenvalue weighted by atomic mass is 32.1. The molecule has 0 N–H and O–H groups in total. The van der Waals surface area contributed by atoms with Crippen LogP contribution in [0.4, 0.5) is 9.52 Å². The van der Waals surface area contributed by atoms with Gasteiger partial charge in [-0.3, -0.25) is 14.7 Å². The van der Waals surface area contributed by atoms with E-state index in [-0.39, 0.29) is 11.7 Å². The Morgan fingerprint density at radius 2 is 2.00 bits per heavy atom. The van der Waals surface area contributed by atoms with Gasteiger partial charge in [0, 0.05) is 24.5 Å². The lowest BCUT2D eigenvalue weighted by Gasteiger charge is -2.18. The normalized spacial score (nSPS) is 10.6. The van der Waals surface area contributed by atoms with E-state index >= 15 is 0 Å². The van der Waals surface area contributed by atoms with Crippen LogP contribution in [0.25, 0.3) is 10.6 Å². The maximum absolute atomic E-state index is 13.0. The quantitative estimate of drug-likeness (QED) is 0.708. The fourth-order valence-corrected chi connectivity index (χ4v) is 3.06. The van der Waals surface area contributed by atoms with Gasteiger partial charge in [-0.15, -0.1) is 10.2 Å². The van der Waals surface area contributed by atoms with Gasteiger partial charge in [-0.25, -0.2) is 4.39 Å². The molecule has 0 atom stereocenters. The molecule has 5 nitrogen and oxygen atoms in total. The van der Waals surface area contributed by atoms with Crippen LogP contribution in [0.5, 0.6) is 0 Å². The van der Waals surface area contributed by atoms with Gasteiger partial charge >= 0.3 is 0 Å². The molecular formula is C17H15FN4OS. The van der Waals surface area contributed by atoms with Gasteiger partial charge in [-0.2, -0.15) is 0 Å². The van der Waals surface area contributed by atoms with Crippen molar-refractivity contribution >= 4 is 22.4 Å². The number of anilines is 1. The van der Waals surface area contributed by atoms with Crippen molar-refractivity contribution in [2.75, 3.05) is 11.4 Å². The molecule has 0 saturated carbocycles. The molecule has 0 radical (unpaired) electrons. The molecule has 24 heavy (non-hydrogen) atoms. The largest absolute Gasteiger partial charge is 0.283 e. The SMILES string of the molecule is CCCN(C(=O)c1cccnc1)c1nnc(-c2ccc(F)cc2)s1. The third kappa shape index (κ3) is 3.46. The number of rotatable bonds is 5. The molecule has 1 amide bonds. The maximum atomic E-state index is 13.0. The number of pyridine rings is 1. The van der Waals surface area contributed by atoms with E-state index in [4.69, 9.17) is 0 Å². The first-order chi connectivity index (χ1) is 11.7. The summed E-state index contributed by atoms with van der Waals surface area (Å²) in [4.78, 5) is 18.3. The first-order valence-electron chi connectivity index (χ1n) is 7.50. The van der Waals surface area contributed by atoms with Crippen LogP contribution in [0, 0.1) is 5.82 Å². The lowest BCUT2D eigenvalue weighted by atomic mass is 10.2. The average Bonchev–Trinajstić information content (AvgIpc) is 3.10. The Morgan fingerprint density at radius 3 is 2.67 bits per heavy atom. The van der Waals surface area contributed by atoms with Crippen molar-refractivity contribution in [3.05, 3.63) is 60.2 Å². The predicted octanol–water partition coefficient (Wildman–Crippen LogP) is 3.80. The average molecular weight is 342 g/mol. The van der Waals surface area contributed by atoms with E-state index in [0.717, 1.165) is 12.0 Å². The first-order valence-corrected chi connectivity index (χ1v) is 8.32. The van der Waals surface area contributed by atoms with Gasteiger partial charge in [0.2, 0.25) is 5.13 Å². The fraction of sp³-hybridized carbons (Fsp3) is 0.176. The fourth-order valence-electron chi connectivity index (χ4n) is 2.19. The van der Waals surface area contributed by atoms with Crippen LogP contribution in [0.1, 0.15) is 23.7 Å². The smallest absolute Gasteiger partial charge is 0.261 e. The Kier molecular flexibility index (Phi) is 4.90. The summed E-state index contributed by atoms with van der Waals surface area (Å²) in [6, 6.07) is 9.49. The number of hydrogen-bond donors (Lipinski definition) is 0. The third-order valence-electron chi connectivity index (χ3n) is 3.34. The van der Waals surface area contributed by atoms with Crippen LogP contribution in [-0.4, -0.2) is 27.6 Å². The molecule has 0 saturated heterocycles. The summed E-state index contributed by atoms with van der Waals surface area (Å²) >= 11 is 1.30. The van der Waals surface area contributed by atoms with Crippen molar-refractivity contribution in [2.24, 2.45) is 0 Å². The summed E-state index contributed by atoms with van der Waals surface area (Å²) in [7, 11) is 0. The van der Waals surface area contributed by atoms with E-state index in [1.165, 1.54) is 29.7 Å². The molecule has 0 aliphatic rings. The molecule has 0 fully saturated rings. The van der Waals surface area contributed by atoms with E-state index in [9.17, 15) is 9.18 Å². The number of carbonyl (C=O) groups is 1. The Balaban J connectivity index is 1.89. The van der Waals surface area contributed by atoms with Crippen molar-refractivity contribution in [3.8, 4) is 10.6 Å². The van der Waals surface area contributed by atoms with E-state index in [0.29, 0.717) is 22.2 Å². The van der Waals surface area contributed by atoms with Crippen LogP contribution >= 0.6 is 11.3 Å². The Hall–Kier alpha value is -2.67. The molecular weight excluding hydrogens is 327 g/mol. The minimum atomic E-state index is -0.303. The second-order valence-electron chi connectivity index (χ2n) is 5.10. The van der Waals surface area contributed by atoms with Gasteiger partial charge in [0.25, 0.3) is 5.91 Å². The molecule has 0 aliphatic heterocycles. The third-order valence-corrected chi connectivity index (χ3v) is 4.33. The van der Waals surface area contributed by atoms with Crippen LogP contribution in [0.3, 0.4) is 0 Å². The van der Waals surface area contributed by atoms with Gasteiger partial charge < -0.3 is 0 Å². The molecule has 3 rings (SSSR count). The van der Waals surface area contributed by atoms with E-state index in [2.05, 4.69) is 15.2 Å². The molecule has 2 heterocycles. The zero-order chi connectivity index (χ0) is 16.9. The molecule has 0 bridgehead atoms. The zero-order valence-electron chi connectivity index (χ0n) is 13.0. The number of hydrogen-bond acceptors (Lipinski definition) is 5. The summed E-state index contributed by atoms with van der Waals surface area (Å²) in [5.41, 5.74) is 1.27. The lowest BCUT2D eigenvalue weighted by molar-refractivity contribution is 0.0986. The van der Waals surface area contributed by atoms with Gasteiger partial charge in [0.15, 0.2) is 0 Å². The minimum absolute atomic E-state index is 0.160. The van der Waals surface area contributed by atoms with Crippen molar-refractivity contribution in [1.29, 1.82) is 0 Å². The predicted molar refractivity (Wildman–Crippen MR) is 91.5 cm³/mol. The van der Waals surface area contributed by atoms with Crippen LogP contribution < -0.4 is 4.90 Å². The number of aromatic nitrogens is 3. The highest BCUT2D eigenvalue weighted by molar-refractivity contribution is 7.18. The van der Waals surface area contributed by atoms with Gasteiger partial charge in [0.1, 0.15) is 10.8 Å². The molecule has 3 aromatic rings. The summed E-state index contributed by atoms with van der Waals surface area (Å²) in [5.74, 6) is -0.463. The molecule has 0 spiro atoms. The lowest BCUT2D eigenvalue weighted by Crippen LogP contribution is -2.31. The van der Waals surface area contributed by atoms with E-state index < -0.39 is 0 Å². The Bertz CT molecular complexity index is 820. The van der Waals surface area contributed by atoms with Crippen molar-refractivity contribution in [2.45, 2.75) is 13.3 Å². The minimum Gasteiger partial charge on any atom is -0.283 e. The van der Waals surface area contributed by atoms with Gasteiger partial charge in [0.05, 0.1) is 5.56 Å². The zero-order valence-corrected chi connectivity index (χ0v) is 13.8. The summed E-state index contributed by atoms with van der Waals surface area (Å²) in [5, 5.41) is 9.43. The number of benzene rings is 1. The standard InChI is InChI=1S/C17H15FN4OS/c1-2-10-22(16(23)13-4-3-9-19-11-13)17-21-20-15(24-17)12-5-7-14(18)8-6-12/h3-9,11H,2,10H2,1H3. The van der Waals surface area contributed by atoms with Crippen LogP contribution in [0.2, 0.25) is 0 Å². The summed E-state index contributed by atoms with van der Waals surface area (Å²) < 4.78 is 13.0. The molecule has 0 aliphatic carbocycles. The Labute approximate surface area is 142 Å². The number of amides is 1. The second-order valence-corrected chi connectivity index (χ2v) is 6.05. The topological polar surface area (TPSA) is 59.0 Å². The second kappa shape index (κ2) is 7.27. The maximum Gasteiger partial charge on any atom is 0.261 e. The molecule has 1 aromatic carbocycles. The van der Waals surface area contributed by atoms with Crippen LogP contribution in [0.15, 0.2) is 48.8 Å². The summed E-state index contributed by atoms with van der Waals surface area (Å²) in [6.07, 6.45) is 3.95. The number of carbonyl (C=O) groups excluding carboxylic acids is 1. The van der Waals surface area contributed by atoms with Crippen LogP contribution in [-0.2, 0) is 0 Å². The van der Waals surface area contributed by atoms with E-state index in [1.54, 1.807) is 35.4 Å². The summed E-state index contributed by atoms with van der Waals surface area (Å²) in [6.45, 7) is 2.53. The first kappa shape index (κ1) is 16.2. The van der Waals surface area contributed by atoms with Gasteiger partial charge in [-0.05, 0) is 42.8 Å². The highest BCUT2D eigenvalue weighted by Crippen LogP contribution is 2.29. The molecule has 2 aromatic heterocycles.